The van der Waals surface area contributed by atoms with Crippen molar-refractivity contribution < 1.29 is 21.9 Å². The molecule has 34 heavy (non-hydrogen) atoms. The molecule has 0 amide bonds. The van der Waals surface area contributed by atoms with Crippen LogP contribution in [0, 0.1) is 18.6 Å². The first kappa shape index (κ1) is 23.6. The fraction of sp³-hybridized carbons (Fsp3) is 0.250. The summed E-state index contributed by atoms with van der Waals surface area (Å²) in [6.45, 7) is 6.00. The standard InChI is InChI=1S/C24H24F2N4O3S/c1-4-27-21-11-17(13-30-15(3)28-29-24(21)30)19-10-16(14-34(31,32)5-2)6-8-22(19)33-23-9-7-18(25)12-20(23)26/h6-13,27H,4-5,14H2,1-3H3. The Bertz CT molecular complexity index is 1470. The molecule has 4 aromatic rings. The number of sulfone groups is 1. The molecule has 10 heteroatoms. The Morgan fingerprint density at radius 3 is 2.50 bits per heavy atom. The number of nitrogens with one attached hydrogen (secondary N) is 1. The lowest BCUT2D eigenvalue weighted by atomic mass is 10.0. The first-order chi connectivity index (χ1) is 16.2. The second-order valence-corrected chi connectivity index (χ2v) is 10.2. The number of ether oxygens (including phenoxy) is 1. The number of pyridine rings is 1. The summed E-state index contributed by atoms with van der Waals surface area (Å²) < 4.78 is 59.8. The fourth-order valence-corrected chi connectivity index (χ4v) is 4.48. The zero-order chi connectivity index (χ0) is 24.5. The summed E-state index contributed by atoms with van der Waals surface area (Å²) >= 11 is 0. The van der Waals surface area contributed by atoms with Crippen LogP contribution in [0.4, 0.5) is 14.5 Å². The molecule has 2 aromatic carbocycles. The van der Waals surface area contributed by atoms with E-state index in [0.29, 0.717) is 34.7 Å². The van der Waals surface area contributed by atoms with Gasteiger partial charge in [0.05, 0.1) is 11.4 Å². The van der Waals surface area contributed by atoms with Crippen molar-refractivity contribution in [3.63, 3.8) is 0 Å². The predicted molar refractivity (Wildman–Crippen MR) is 127 cm³/mol. The lowest BCUT2D eigenvalue weighted by molar-refractivity contribution is 0.439. The number of hydrogen-bond donors (Lipinski definition) is 1. The van der Waals surface area contributed by atoms with Crippen LogP contribution in [0.15, 0.2) is 48.7 Å². The number of benzene rings is 2. The van der Waals surface area contributed by atoms with Crippen LogP contribution in [0.3, 0.4) is 0 Å². The molecule has 0 bridgehead atoms. The highest BCUT2D eigenvalue weighted by Gasteiger charge is 2.18. The minimum Gasteiger partial charge on any atom is -0.454 e. The van der Waals surface area contributed by atoms with Gasteiger partial charge in [-0.3, -0.25) is 4.40 Å². The summed E-state index contributed by atoms with van der Waals surface area (Å²) in [5, 5.41) is 11.6. The van der Waals surface area contributed by atoms with Crippen LogP contribution in [0.1, 0.15) is 25.2 Å². The molecular weight excluding hydrogens is 462 g/mol. The third-order valence-electron chi connectivity index (χ3n) is 5.34. The molecule has 0 fully saturated rings. The van der Waals surface area contributed by atoms with Crippen LogP contribution < -0.4 is 10.1 Å². The molecule has 0 aliphatic heterocycles. The average molecular weight is 487 g/mol. The minimum absolute atomic E-state index is 0.0117. The average Bonchev–Trinajstić information content (AvgIpc) is 3.17. The van der Waals surface area contributed by atoms with Crippen molar-refractivity contribution in [2.75, 3.05) is 17.6 Å². The van der Waals surface area contributed by atoms with Gasteiger partial charge in [-0.25, -0.2) is 17.2 Å². The van der Waals surface area contributed by atoms with E-state index < -0.39 is 21.5 Å². The van der Waals surface area contributed by atoms with Gasteiger partial charge < -0.3 is 10.1 Å². The van der Waals surface area contributed by atoms with Gasteiger partial charge in [0.25, 0.3) is 0 Å². The van der Waals surface area contributed by atoms with Crippen molar-refractivity contribution in [2.24, 2.45) is 0 Å². The number of nitrogens with zero attached hydrogens (tertiary/aromatic N) is 3. The first-order valence-corrected chi connectivity index (χ1v) is 12.6. The van der Waals surface area contributed by atoms with Crippen molar-refractivity contribution in [2.45, 2.75) is 26.5 Å². The van der Waals surface area contributed by atoms with E-state index in [1.54, 1.807) is 25.1 Å². The molecule has 0 aliphatic rings. The summed E-state index contributed by atoms with van der Waals surface area (Å²) in [6.07, 6.45) is 1.81. The van der Waals surface area contributed by atoms with E-state index in [4.69, 9.17) is 4.74 Å². The molecule has 0 atom stereocenters. The number of halogens is 2. The van der Waals surface area contributed by atoms with Crippen molar-refractivity contribution in [3.8, 4) is 22.6 Å². The third-order valence-corrected chi connectivity index (χ3v) is 6.99. The second-order valence-electron chi connectivity index (χ2n) is 7.80. The van der Waals surface area contributed by atoms with Gasteiger partial charge in [-0.15, -0.1) is 10.2 Å². The van der Waals surface area contributed by atoms with Crippen molar-refractivity contribution in [1.29, 1.82) is 0 Å². The molecule has 1 N–H and O–H groups in total. The van der Waals surface area contributed by atoms with E-state index in [1.807, 2.05) is 30.5 Å². The number of aromatic nitrogens is 3. The maximum absolute atomic E-state index is 14.3. The van der Waals surface area contributed by atoms with E-state index in [-0.39, 0.29) is 23.0 Å². The zero-order valence-corrected chi connectivity index (χ0v) is 19.8. The summed E-state index contributed by atoms with van der Waals surface area (Å²) in [4.78, 5) is 0. The number of rotatable bonds is 8. The summed E-state index contributed by atoms with van der Waals surface area (Å²) in [5.74, 6) is -0.891. The van der Waals surface area contributed by atoms with Crippen LogP contribution in [0.5, 0.6) is 11.5 Å². The number of aryl methyl sites for hydroxylation is 1. The van der Waals surface area contributed by atoms with Crippen LogP contribution in [-0.4, -0.2) is 35.3 Å². The van der Waals surface area contributed by atoms with Gasteiger partial charge >= 0.3 is 0 Å². The maximum Gasteiger partial charge on any atom is 0.184 e. The quantitative estimate of drug-likeness (QED) is 0.371. The van der Waals surface area contributed by atoms with Crippen LogP contribution in [-0.2, 0) is 15.6 Å². The second kappa shape index (κ2) is 9.38. The lowest BCUT2D eigenvalue weighted by Gasteiger charge is -2.16. The van der Waals surface area contributed by atoms with Gasteiger partial charge in [0.1, 0.15) is 17.4 Å². The van der Waals surface area contributed by atoms with Crippen LogP contribution >= 0.6 is 0 Å². The van der Waals surface area contributed by atoms with Crippen molar-refractivity contribution in [1.82, 2.24) is 14.6 Å². The van der Waals surface area contributed by atoms with E-state index in [9.17, 15) is 17.2 Å². The molecule has 178 valence electrons. The Hall–Kier alpha value is -3.53. The highest BCUT2D eigenvalue weighted by molar-refractivity contribution is 7.90. The predicted octanol–water partition coefficient (Wildman–Crippen LogP) is 5.14. The first-order valence-electron chi connectivity index (χ1n) is 10.8. The fourth-order valence-electron chi connectivity index (χ4n) is 3.59. The molecule has 0 spiro atoms. The van der Waals surface area contributed by atoms with E-state index in [2.05, 4.69) is 15.5 Å². The largest absolute Gasteiger partial charge is 0.454 e. The molecule has 0 saturated heterocycles. The van der Waals surface area contributed by atoms with Gasteiger partial charge in [-0.2, -0.15) is 0 Å². The van der Waals surface area contributed by atoms with Crippen LogP contribution in [0.2, 0.25) is 0 Å². The monoisotopic (exact) mass is 486 g/mol. The summed E-state index contributed by atoms with van der Waals surface area (Å²) in [6, 6.07) is 9.84. The zero-order valence-electron chi connectivity index (χ0n) is 19.0. The molecule has 2 aromatic heterocycles. The van der Waals surface area contributed by atoms with Gasteiger partial charge in [-0.1, -0.05) is 13.0 Å². The van der Waals surface area contributed by atoms with E-state index in [1.165, 1.54) is 6.07 Å². The molecule has 2 heterocycles. The Balaban J connectivity index is 1.89. The maximum atomic E-state index is 14.3. The number of fused-ring (bicyclic) bond motifs is 1. The normalized spacial score (nSPS) is 11.7. The van der Waals surface area contributed by atoms with E-state index >= 15 is 0 Å². The molecule has 0 unspecified atom stereocenters. The number of hydrogen-bond acceptors (Lipinski definition) is 6. The van der Waals surface area contributed by atoms with Gasteiger partial charge in [0.2, 0.25) is 0 Å². The Labute approximate surface area is 196 Å². The van der Waals surface area contributed by atoms with Crippen molar-refractivity contribution >= 4 is 21.2 Å². The highest BCUT2D eigenvalue weighted by Crippen LogP contribution is 2.37. The summed E-state index contributed by atoms with van der Waals surface area (Å²) in [7, 11) is -3.28. The molecule has 0 radical (unpaired) electrons. The topological polar surface area (TPSA) is 85.6 Å². The van der Waals surface area contributed by atoms with Gasteiger partial charge in [0.15, 0.2) is 27.1 Å². The van der Waals surface area contributed by atoms with Gasteiger partial charge in [-0.05, 0) is 49.7 Å². The highest BCUT2D eigenvalue weighted by atomic mass is 32.2. The Morgan fingerprint density at radius 1 is 1.03 bits per heavy atom. The lowest BCUT2D eigenvalue weighted by Crippen LogP contribution is -2.07. The minimum atomic E-state index is -3.28. The molecule has 4 rings (SSSR count). The molecule has 0 aliphatic carbocycles. The number of anilines is 1. The van der Waals surface area contributed by atoms with Gasteiger partial charge in [0, 0.05) is 35.7 Å². The Kier molecular flexibility index (Phi) is 6.52. The van der Waals surface area contributed by atoms with Crippen molar-refractivity contribution in [3.05, 3.63) is 71.7 Å². The molecule has 0 saturated carbocycles. The summed E-state index contributed by atoms with van der Waals surface area (Å²) in [5.41, 5.74) is 3.15. The molecular formula is C24H24F2N4O3S. The van der Waals surface area contributed by atoms with Crippen LogP contribution in [0.25, 0.3) is 16.8 Å². The van der Waals surface area contributed by atoms with E-state index in [0.717, 1.165) is 17.8 Å². The smallest absolute Gasteiger partial charge is 0.184 e. The molecule has 7 nitrogen and oxygen atoms in total. The SMILES string of the molecule is CCNc1cc(-c2cc(CS(=O)(=O)CC)ccc2Oc2ccc(F)cc2F)cn2c(C)nnc12. The third kappa shape index (κ3) is 4.86. The Morgan fingerprint density at radius 2 is 1.79 bits per heavy atom.